The van der Waals surface area contributed by atoms with E-state index in [9.17, 15) is 33.9 Å². The van der Waals surface area contributed by atoms with Crippen LogP contribution < -0.4 is 9.47 Å². The number of hydrogen-bond donors (Lipinski definition) is 3. The van der Waals surface area contributed by atoms with Gasteiger partial charge >= 0.3 is 35.8 Å². The summed E-state index contributed by atoms with van der Waals surface area (Å²) in [4.78, 5) is 65.9. The van der Waals surface area contributed by atoms with Crippen LogP contribution in [0.2, 0.25) is 0 Å². The summed E-state index contributed by atoms with van der Waals surface area (Å²) in [6, 6.07) is 18.0. The molecule has 0 amide bonds. The summed E-state index contributed by atoms with van der Waals surface area (Å²) in [7, 11) is 2.93. The third-order valence-corrected chi connectivity index (χ3v) is 7.20. The number of aliphatic hydroxyl groups excluding tert-OH is 1. The van der Waals surface area contributed by atoms with Crippen molar-refractivity contribution in [3.05, 3.63) is 125 Å². The number of aliphatic hydroxyl groups is 1. The molecule has 3 atom stereocenters. The molecule has 0 aromatic heterocycles. The molecule has 3 heterocycles. The van der Waals surface area contributed by atoms with Gasteiger partial charge < -0.3 is 48.5 Å². The maximum Gasteiger partial charge on any atom is 0.342 e. The predicted molar refractivity (Wildman–Crippen MR) is 200 cm³/mol. The van der Waals surface area contributed by atoms with Crippen molar-refractivity contribution in [3.8, 4) is 17.2 Å². The molecule has 306 valence electrons. The zero-order chi connectivity index (χ0) is 40.3. The largest absolute Gasteiger partial charge is 0.507 e. The van der Waals surface area contributed by atoms with E-state index < -0.39 is 48.2 Å². The first kappa shape index (κ1) is 48.0. The SMILES string of the molecule is C.COc1ccccc1C(=O)O.COc1ccccc1C(=O)OC[C@@H]1C=CC(=O)O1.Cc1cccc(O)c1C(=O)OC[C@@H]1C=CC(=O)O1.F.O=C1C=C[C@@H](CO)O1. The lowest BCUT2D eigenvalue weighted by molar-refractivity contribution is -0.140. The number of benzene rings is 3. The number of methoxy groups -OCH3 is 2. The lowest BCUT2D eigenvalue weighted by Gasteiger charge is -2.11. The minimum Gasteiger partial charge on any atom is -0.507 e. The van der Waals surface area contributed by atoms with Gasteiger partial charge in [0.15, 0.2) is 12.2 Å². The molecule has 0 aliphatic carbocycles. The van der Waals surface area contributed by atoms with E-state index in [4.69, 9.17) is 38.6 Å². The highest BCUT2D eigenvalue weighted by Gasteiger charge is 2.22. The maximum absolute atomic E-state index is 11.8. The van der Waals surface area contributed by atoms with Crippen molar-refractivity contribution >= 4 is 35.8 Å². The molecule has 17 heteroatoms. The van der Waals surface area contributed by atoms with Crippen molar-refractivity contribution in [1.82, 2.24) is 0 Å². The number of carbonyl (C=O) groups excluding carboxylic acids is 5. The van der Waals surface area contributed by atoms with Gasteiger partial charge in [-0.2, -0.15) is 0 Å². The summed E-state index contributed by atoms with van der Waals surface area (Å²) in [6.45, 7) is 1.52. The Hall–Kier alpha value is -7.01. The third kappa shape index (κ3) is 15.3. The number of aryl methyl sites for hydroxylation is 1. The number of esters is 5. The van der Waals surface area contributed by atoms with Gasteiger partial charge in [0, 0.05) is 18.2 Å². The van der Waals surface area contributed by atoms with Crippen LogP contribution in [0.15, 0.2) is 103 Å². The number of carboxylic acids is 1. The quantitative estimate of drug-likeness (QED) is 0.192. The Morgan fingerprint density at radius 1 is 0.649 bits per heavy atom. The fourth-order valence-electron chi connectivity index (χ4n) is 4.54. The highest BCUT2D eigenvalue weighted by Crippen LogP contribution is 2.22. The van der Waals surface area contributed by atoms with Crippen molar-refractivity contribution < 1.29 is 81.9 Å². The van der Waals surface area contributed by atoms with Gasteiger partial charge in [-0.3, -0.25) is 4.70 Å². The van der Waals surface area contributed by atoms with Crippen LogP contribution >= 0.6 is 0 Å². The number of rotatable bonds is 10. The van der Waals surface area contributed by atoms with E-state index in [1.165, 1.54) is 56.7 Å². The number of cyclic esters (lactones) is 3. The van der Waals surface area contributed by atoms with Gasteiger partial charge in [0.1, 0.15) is 53.3 Å². The molecule has 3 aromatic rings. The van der Waals surface area contributed by atoms with Gasteiger partial charge in [-0.1, -0.05) is 43.8 Å². The van der Waals surface area contributed by atoms with Crippen LogP contribution in [0, 0.1) is 6.92 Å². The molecular formula is C40H43FO16. The number of hydrogen-bond acceptors (Lipinski definition) is 15. The van der Waals surface area contributed by atoms with Crippen LogP contribution in [0.25, 0.3) is 0 Å². The molecule has 3 aliphatic heterocycles. The standard InChI is InChI=1S/2C13H12O5.C8H8O3.C5H6O3.CH4.FH/c1-8-3-2-4-10(14)12(8)13(16)17-7-9-5-6-11(15)18-9;1-16-11-5-3-2-4-10(11)13(15)17-8-9-6-7-12(14)18-9;1-11-7-5-3-2-4-6(7)8(9)10;6-3-4-1-2-5(7)8-4;;/h2-6,9,14H,7H2,1H3;2-7,9H,8H2,1H3;2-5H,1H3,(H,9,10);1-2,4,6H,3H2;1H4;1H/t2*9-;;4-;;/m00.0../s1. The van der Waals surface area contributed by atoms with Crippen LogP contribution in [0.1, 0.15) is 44.1 Å². The number of halogens is 1. The van der Waals surface area contributed by atoms with E-state index in [-0.39, 0.29) is 54.8 Å². The first-order chi connectivity index (χ1) is 26.4. The topological polar surface area (TPSA) is 228 Å². The lowest BCUT2D eigenvalue weighted by Crippen LogP contribution is -2.19. The van der Waals surface area contributed by atoms with E-state index in [0.29, 0.717) is 22.6 Å². The zero-order valence-corrected chi connectivity index (χ0v) is 30.2. The Bertz CT molecular complexity index is 1920. The molecule has 3 aliphatic rings. The Morgan fingerprint density at radius 3 is 1.47 bits per heavy atom. The normalized spacial score (nSPS) is 16.5. The molecule has 0 radical (unpaired) electrons. The van der Waals surface area contributed by atoms with Crippen molar-refractivity contribution in [1.29, 1.82) is 0 Å². The maximum atomic E-state index is 11.8. The Labute approximate surface area is 326 Å². The highest BCUT2D eigenvalue weighted by molar-refractivity contribution is 5.94. The summed E-state index contributed by atoms with van der Waals surface area (Å²) < 4.78 is 34.1. The van der Waals surface area contributed by atoms with Gasteiger partial charge in [-0.05, 0) is 61.0 Å². The molecule has 6 rings (SSSR count). The highest BCUT2D eigenvalue weighted by atomic mass is 19.0. The number of phenolic OH excluding ortho intramolecular Hbond substituents is 1. The van der Waals surface area contributed by atoms with Gasteiger partial charge in [-0.25, -0.2) is 28.8 Å². The molecule has 3 N–H and O–H groups in total. The summed E-state index contributed by atoms with van der Waals surface area (Å²) in [5.74, 6) is -2.65. The Balaban J connectivity index is 0.000000392. The molecule has 0 saturated heterocycles. The lowest BCUT2D eigenvalue weighted by atomic mass is 10.1. The minimum atomic E-state index is -0.970. The zero-order valence-electron chi connectivity index (χ0n) is 30.2. The third-order valence-electron chi connectivity index (χ3n) is 7.20. The minimum absolute atomic E-state index is 0. The van der Waals surface area contributed by atoms with Crippen LogP contribution in [0.5, 0.6) is 17.2 Å². The molecule has 16 nitrogen and oxygen atoms in total. The second-order valence-corrected chi connectivity index (χ2v) is 11.1. The van der Waals surface area contributed by atoms with E-state index in [2.05, 4.69) is 4.74 Å². The predicted octanol–water partition coefficient (Wildman–Crippen LogP) is 4.31. The van der Waals surface area contributed by atoms with Gasteiger partial charge in [-0.15, -0.1) is 0 Å². The number of para-hydroxylation sites is 2. The number of carbonyl (C=O) groups is 6. The number of ether oxygens (including phenoxy) is 7. The average Bonchev–Trinajstić information content (AvgIpc) is 3.94. The van der Waals surface area contributed by atoms with Crippen LogP contribution in [-0.4, -0.2) is 103 Å². The van der Waals surface area contributed by atoms with Crippen LogP contribution in [0.4, 0.5) is 4.70 Å². The summed E-state index contributed by atoms with van der Waals surface area (Å²) in [6.07, 6.45) is 7.05. The number of aromatic hydroxyl groups is 1. The van der Waals surface area contributed by atoms with Crippen molar-refractivity contribution in [2.24, 2.45) is 0 Å². The molecule has 3 aromatic carbocycles. The van der Waals surface area contributed by atoms with E-state index in [1.807, 2.05) is 0 Å². The van der Waals surface area contributed by atoms with E-state index in [0.717, 1.165) is 0 Å². The van der Waals surface area contributed by atoms with Crippen LogP contribution in [-0.2, 0) is 38.1 Å². The van der Waals surface area contributed by atoms with Gasteiger partial charge in [0.05, 0.1) is 20.8 Å². The molecule has 57 heavy (non-hydrogen) atoms. The first-order valence-electron chi connectivity index (χ1n) is 16.3. The fraction of sp³-hybridized carbons (Fsp3) is 0.250. The second kappa shape index (κ2) is 24.4. The average molecular weight is 799 g/mol. The molecule has 0 unspecified atom stereocenters. The molecule has 0 spiro atoms. The fourth-order valence-corrected chi connectivity index (χ4v) is 4.54. The van der Waals surface area contributed by atoms with Crippen molar-refractivity contribution in [2.45, 2.75) is 32.7 Å². The Kier molecular flexibility index (Phi) is 20.6. The second-order valence-electron chi connectivity index (χ2n) is 11.1. The van der Waals surface area contributed by atoms with Gasteiger partial charge in [0.25, 0.3) is 0 Å². The number of phenols is 1. The molecule has 0 saturated carbocycles. The Morgan fingerprint density at radius 2 is 1.09 bits per heavy atom. The summed E-state index contributed by atoms with van der Waals surface area (Å²) in [5.41, 5.74) is 1.29. The molecule has 0 bridgehead atoms. The summed E-state index contributed by atoms with van der Waals surface area (Å²) in [5, 5.41) is 26.6. The van der Waals surface area contributed by atoms with Crippen molar-refractivity contribution in [3.63, 3.8) is 0 Å². The summed E-state index contributed by atoms with van der Waals surface area (Å²) >= 11 is 0. The molecule has 0 fully saturated rings. The number of carboxylic acid groups (broad SMARTS) is 1. The van der Waals surface area contributed by atoms with E-state index >= 15 is 0 Å². The first-order valence-corrected chi connectivity index (χ1v) is 16.3. The van der Waals surface area contributed by atoms with Gasteiger partial charge in [0.2, 0.25) is 0 Å². The van der Waals surface area contributed by atoms with E-state index in [1.54, 1.807) is 67.6 Å². The smallest absolute Gasteiger partial charge is 0.342 e. The van der Waals surface area contributed by atoms with Crippen LogP contribution in [0.3, 0.4) is 0 Å². The monoisotopic (exact) mass is 798 g/mol. The number of aromatic carboxylic acids is 1. The molecular weight excluding hydrogens is 755 g/mol. The van der Waals surface area contributed by atoms with Crippen molar-refractivity contribution in [2.75, 3.05) is 34.0 Å².